The molecule has 1 amide bonds. The molecule has 0 spiro atoms. The molecule has 0 saturated carbocycles. The van der Waals surface area contributed by atoms with Crippen LogP contribution in [0.3, 0.4) is 0 Å². The van der Waals surface area contributed by atoms with Crippen LogP contribution in [0.5, 0.6) is 5.75 Å². The molecule has 0 N–H and O–H groups in total. The number of rotatable bonds is 7. The number of esters is 1. The van der Waals surface area contributed by atoms with Crippen molar-refractivity contribution in [3.8, 4) is 5.75 Å². The summed E-state index contributed by atoms with van der Waals surface area (Å²) in [5.74, 6) is -0.242. The number of carbonyl (C=O) groups is 2. The molecule has 1 atom stereocenters. The minimum atomic E-state index is -0.374. The zero-order chi connectivity index (χ0) is 17.0. The van der Waals surface area contributed by atoms with E-state index in [4.69, 9.17) is 4.74 Å². The number of amides is 1. The van der Waals surface area contributed by atoms with E-state index in [-0.39, 0.29) is 30.2 Å². The smallest absolute Gasteiger partial charge is 0.308 e. The highest BCUT2D eigenvalue weighted by atomic mass is 19.1. The SMILES string of the molecule is C=C(F)CCCC(=C)N1C(=O)C[C@H]1c1ccc(OC(C)=O)cc1. The van der Waals surface area contributed by atoms with Crippen LogP contribution in [0.1, 0.15) is 44.2 Å². The van der Waals surface area contributed by atoms with E-state index in [1.54, 1.807) is 17.0 Å². The molecule has 1 fully saturated rings. The van der Waals surface area contributed by atoms with Crippen LogP contribution >= 0.6 is 0 Å². The fourth-order valence-corrected chi connectivity index (χ4v) is 2.61. The van der Waals surface area contributed by atoms with E-state index in [0.29, 0.717) is 30.7 Å². The Hall–Kier alpha value is -2.43. The highest BCUT2D eigenvalue weighted by Gasteiger charge is 2.38. The molecule has 0 aromatic heterocycles. The van der Waals surface area contributed by atoms with Gasteiger partial charge in [0.05, 0.1) is 18.3 Å². The number of hydrogen-bond acceptors (Lipinski definition) is 3. The Bertz CT molecular complexity index is 636. The number of β-lactam (4-membered cyclic amide) rings is 1. The number of benzene rings is 1. The van der Waals surface area contributed by atoms with Gasteiger partial charge in [-0.15, -0.1) is 0 Å². The summed E-state index contributed by atoms with van der Waals surface area (Å²) < 4.78 is 17.6. The normalized spacial score (nSPS) is 16.7. The van der Waals surface area contributed by atoms with E-state index in [0.717, 1.165) is 5.56 Å². The Morgan fingerprint density at radius 3 is 2.48 bits per heavy atom. The number of hydrogen-bond donors (Lipinski definition) is 0. The molecule has 0 bridgehead atoms. The van der Waals surface area contributed by atoms with Crippen LogP contribution in [0.25, 0.3) is 0 Å². The first kappa shape index (κ1) is 16.9. The van der Waals surface area contributed by atoms with Crippen molar-refractivity contribution < 1.29 is 18.7 Å². The van der Waals surface area contributed by atoms with Crippen LogP contribution in [0.15, 0.2) is 48.9 Å². The lowest BCUT2D eigenvalue weighted by Crippen LogP contribution is -2.45. The van der Waals surface area contributed by atoms with E-state index in [1.807, 2.05) is 12.1 Å². The minimum absolute atomic E-state index is 0.0168. The summed E-state index contributed by atoms with van der Waals surface area (Å²) in [5, 5.41) is 0. The molecule has 122 valence electrons. The molecule has 0 radical (unpaired) electrons. The number of ether oxygens (including phenoxy) is 1. The van der Waals surface area contributed by atoms with Crippen molar-refractivity contribution in [3.05, 3.63) is 54.5 Å². The van der Waals surface area contributed by atoms with Crippen molar-refractivity contribution in [2.24, 2.45) is 0 Å². The third-order valence-electron chi connectivity index (χ3n) is 3.73. The van der Waals surface area contributed by atoms with Crippen molar-refractivity contribution in [1.82, 2.24) is 4.90 Å². The zero-order valence-electron chi connectivity index (χ0n) is 13.2. The van der Waals surface area contributed by atoms with Crippen LogP contribution < -0.4 is 4.74 Å². The topological polar surface area (TPSA) is 46.6 Å². The molecular formula is C18H20FNO3. The molecule has 1 aliphatic heterocycles. The van der Waals surface area contributed by atoms with E-state index in [2.05, 4.69) is 13.2 Å². The number of allylic oxidation sites excluding steroid dienone is 2. The van der Waals surface area contributed by atoms with Gasteiger partial charge in [-0.1, -0.05) is 25.3 Å². The highest BCUT2D eigenvalue weighted by molar-refractivity contribution is 5.85. The van der Waals surface area contributed by atoms with Gasteiger partial charge in [-0.3, -0.25) is 9.59 Å². The maximum Gasteiger partial charge on any atom is 0.308 e. The van der Waals surface area contributed by atoms with E-state index < -0.39 is 0 Å². The van der Waals surface area contributed by atoms with E-state index in [1.165, 1.54) is 6.92 Å². The molecule has 0 unspecified atom stereocenters. The van der Waals surface area contributed by atoms with Gasteiger partial charge in [0.25, 0.3) is 0 Å². The molecule has 1 aromatic rings. The number of halogens is 1. The molecule has 5 heteroatoms. The monoisotopic (exact) mass is 317 g/mol. The van der Waals surface area contributed by atoms with Gasteiger partial charge in [0.2, 0.25) is 5.91 Å². The largest absolute Gasteiger partial charge is 0.427 e. The first-order valence-corrected chi connectivity index (χ1v) is 7.50. The van der Waals surface area contributed by atoms with Gasteiger partial charge in [0, 0.05) is 12.6 Å². The second-order valence-electron chi connectivity index (χ2n) is 5.58. The summed E-state index contributed by atoms with van der Waals surface area (Å²) in [5.41, 5.74) is 1.65. The predicted molar refractivity (Wildman–Crippen MR) is 85.2 cm³/mol. The van der Waals surface area contributed by atoms with Crippen LogP contribution in [-0.4, -0.2) is 16.8 Å². The molecule has 1 aliphatic rings. The Kier molecular flexibility index (Phi) is 5.32. The molecule has 2 rings (SSSR count). The molecule has 4 nitrogen and oxygen atoms in total. The summed E-state index contributed by atoms with van der Waals surface area (Å²) in [7, 11) is 0. The van der Waals surface area contributed by atoms with Crippen molar-refractivity contribution in [3.63, 3.8) is 0 Å². The summed E-state index contributed by atoms with van der Waals surface area (Å²) >= 11 is 0. The van der Waals surface area contributed by atoms with Gasteiger partial charge in [-0.2, -0.15) is 0 Å². The first-order valence-electron chi connectivity index (χ1n) is 7.50. The van der Waals surface area contributed by atoms with Gasteiger partial charge in [-0.05, 0) is 37.0 Å². The van der Waals surface area contributed by atoms with Gasteiger partial charge in [-0.25, -0.2) is 4.39 Å². The third kappa shape index (κ3) is 4.28. The highest BCUT2D eigenvalue weighted by Crippen LogP contribution is 2.39. The van der Waals surface area contributed by atoms with Crippen molar-refractivity contribution in [2.45, 2.75) is 38.6 Å². The Morgan fingerprint density at radius 1 is 1.30 bits per heavy atom. The number of nitrogens with zero attached hydrogens (tertiary/aromatic N) is 1. The average molecular weight is 317 g/mol. The first-order chi connectivity index (χ1) is 10.9. The molecular weight excluding hydrogens is 297 g/mol. The Morgan fingerprint density at radius 2 is 1.96 bits per heavy atom. The minimum Gasteiger partial charge on any atom is -0.427 e. The molecule has 1 heterocycles. The van der Waals surface area contributed by atoms with E-state index in [9.17, 15) is 14.0 Å². The molecule has 23 heavy (non-hydrogen) atoms. The molecule has 1 aromatic carbocycles. The van der Waals surface area contributed by atoms with Gasteiger partial charge in [0.15, 0.2) is 0 Å². The standard InChI is InChI=1S/C18H20FNO3/c1-12(19)5-4-6-13(2)20-17(11-18(20)22)15-7-9-16(10-8-15)23-14(3)21/h7-10,17H,1-2,4-6,11H2,3H3/t17-/m0/s1. The lowest BCUT2D eigenvalue weighted by atomic mass is 9.92. The summed E-state index contributed by atoms with van der Waals surface area (Å²) in [4.78, 5) is 24.4. The summed E-state index contributed by atoms with van der Waals surface area (Å²) in [6.45, 7) is 8.51. The van der Waals surface area contributed by atoms with Gasteiger partial charge >= 0.3 is 5.97 Å². The zero-order valence-corrected chi connectivity index (χ0v) is 13.2. The Balaban J connectivity index is 1.99. The second kappa shape index (κ2) is 7.22. The van der Waals surface area contributed by atoms with Crippen LogP contribution in [0.2, 0.25) is 0 Å². The Labute approximate surface area is 135 Å². The summed E-state index contributed by atoms with van der Waals surface area (Å²) in [6, 6.07) is 7.01. The van der Waals surface area contributed by atoms with Crippen molar-refractivity contribution in [2.75, 3.05) is 0 Å². The quantitative estimate of drug-likeness (QED) is 0.433. The maximum absolute atomic E-state index is 12.7. The van der Waals surface area contributed by atoms with Gasteiger partial charge in [0.1, 0.15) is 5.75 Å². The molecule has 0 aliphatic carbocycles. The van der Waals surface area contributed by atoms with E-state index >= 15 is 0 Å². The van der Waals surface area contributed by atoms with Crippen molar-refractivity contribution in [1.29, 1.82) is 0 Å². The van der Waals surface area contributed by atoms with Crippen LogP contribution in [0.4, 0.5) is 4.39 Å². The number of likely N-dealkylation sites (tertiary alicyclic amines) is 1. The fourth-order valence-electron chi connectivity index (χ4n) is 2.61. The number of carbonyl (C=O) groups excluding carboxylic acids is 2. The van der Waals surface area contributed by atoms with Crippen molar-refractivity contribution >= 4 is 11.9 Å². The summed E-state index contributed by atoms with van der Waals surface area (Å²) in [6.07, 6.45) is 1.83. The maximum atomic E-state index is 12.7. The predicted octanol–water partition coefficient (Wildman–Crippen LogP) is 4.05. The molecule has 1 saturated heterocycles. The van der Waals surface area contributed by atoms with Crippen LogP contribution in [-0.2, 0) is 9.59 Å². The average Bonchev–Trinajstić information content (AvgIpc) is 2.44. The lowest BCUT2D eigenvalue weighted by Gasteiger charge is -2.42. The fraction of sp³-hybridized carbons (Fsp3) is 0.333. The van der Waals surface area contributed by atoms with Gasteiger partial charge < -0.3 is 9.64 Å². The van der Waals surface area contributed by atoms with Crippen LogP contribution in [0, 0.1) is 0 Å². The lowest BCUT2D eigenvalue weighted by molar-refractivity contribution is -0.143. The third-order valence-corrected chi connectivity index (χ3v) is 3.73. The second-order valence-corrected chi connectivity index (χ2v) is 5.58.